The Kier molecular flexibility index (Phi) is 8.48. The maximum absolute atomic E-state index is 12.8. The van der Waals surface area contributed by atoms with Crippen LogP contribution < -0.4 is 5.32 Å². The van der Waals surface area contributed by atoms with Gasteiger partial charge < -0.3 is 10.2 Å². The summed E-state index contributed by atoms with van der Waals surface area (Å²) >= 11 is 13.8. The second-order valence-electron chi connectivity index (χ2n) is 5.99. The number of likely N-dealkylation sites (N-methyl/N-ethyl adjacent to an activating group) is 1. The highest BCUT2D eigenvalue weighted by molar-refractivity contribution is 7.99. The van der Waals surface area contributed by atoms with Gasteiger partial charge in [-0.15, -0.1) is 11.8 Å². The van der Waals surface area contributed by atoms with Crippen LogP contribution in [0.2, 0.25) is 10.0 Å². The van der Waals surface area contributed by atoms with Crippen LogP contribution in [0.3, 0.4) is 0 Å². The van der Waals surface area contributed by atoms with Gasteiger partial charge in [0.05, 0.1) is 5.75 Å². The van der Waals surface area contributed by atoms with Crippen LogP contribution in [0.5, 0.6) is 0 Å². The highest BCUT2D eigenvalue weighted by Crippen LogP contribution is 2.28. The Labute approximate surface area is 174 Å². The molecule has 0 saturated heterocycles. The second kappa shape index (κ2) is 10.6. The van der Waals surface area contributed by atoms with Crippen LogP contribution in [0.15, 0.2) is 48.5 Å². The predicted octanol–water partition coefficient (Wildman–Crippen LogP) is 4.39. The molecule has 2 aromatic rings. The number of hydrogen-bond acceptors (Lipinski definition) is 3. The summed E-state index contributed by atoms with van der Waals surface area (Å²) in [5, 5.41) is 3.78. The molecule has 0 aliphatic rings. The molecular formula is C20H22Cl2N2O2S. The van der Waals surface area contributed by atoms with E-state index in [1.165, 1.54) is 11.8 Å². The molecule has 1 atom stereocenters. The monoisotopic (exact) mass is 424 g/mol. The number of carbonyl (C=O) groups excluding carboxylic acids is 2. The molecule has 27 heavy (non-hydrogen) atoms. The summed E-state index contributed by atoms with van der Waals surface area (Å²) < 4.78 is 0. The molecule has 0 heterocycles. The third kappa shape index (κ3) is 6.16. The molecule has 2 rings (SSSR count). The Hall–Kier alpha value is -1.69. The van der Waals surface area contributed by atoms with Crippen molar-refractivity contribution in [3.8, 4) is 0 Å². The number of carbonyl (C=O) groups is 2. The van der Waals surface area contributed by atoms with Crippen molar-refractivity contribution in [2.75, 3.05) is 12.8 Å². The summed E-state index contributed by atoms with van der Waals surface area (Å²) in [6.45, 7) is 2.11. The predicted molar refractivity (Wildman–Crippen MR) is 113 cm³/mol. The fourth-order valence-corrected chi connectivity index (χ4v) is 4.21. The summed E-state index contributed by atoms with van der Waals surface area (Å²) in [4.78, 5) is 26.5. The smallest absolute Gasteiger partial charge is 0.242 e. The molecule has 0 spiro atoms. The van der Waals surface area contributed by atoms with E-state index >= 15 is 0 Å². The van der Waals surface area contributed by atoms with Crippen LogP contribution in [0.4, 0.5) is 0 Å². The Bertz CT molecular complexity index is 767. The molecule has 0 saturated carbocycles. The number of hydrogen-bond donors (Lipinski definition) is 1. The molecule has 0 bridgehead atoms. The van der Waals surface area contributed by atoms with Crippen LogP contribution in [0.1, 0.15) is 18.1 Å². The van der Waals surface area contributed by atoms with E-state index in [4.69, 9.17) is 23.2 Å². The van der Waals surface area contributed by atoms with E-state index in [0.717, 1.165) is 11.1 Å². The minimum atomic E-state index is -0.563. The average Bonchev–Trinajstić information content (AvgIpc) is 2.67. The molecule has 0 unspecified atom stereocenters. The molecule has 1 N–H and O–H groups in total. The van der Waals surface area contributed by atoms with E-state index in [1.54, 1.807) is 37.1 Å². The topological polar surface area (TPSA) is 49.4 Å². The highest BCUT2D eigenvalue weighted by atomic mass is 35.5. The van der Waals surface area contributed by atoms with Crippen LogP contribution in [-0.2, 0) is 21.9 Å². The van der Waals surface area contributed by atoms with Crippen molar-refractivity contribution < 1.29 is 9.59 Å². The standard InChI is InChI=1S/C20H22Cl2N2O2S/c1-14(20(26)23-2)24(11-15-7-4-3-5-8-15)19(25)13-27-12-16-17(21)9-6-10-18(16)22/h3-10,14H,11-13H2,1-2H3,(H,23,26)/t14-/m0/s1. The molecule has 0 fully saturated rings. The number of benzene rings is 2. The number of halogens is 2. The molecule has 2 aromatic carbocycles. The van der Waals surface area contributed by atoms with E-state index in [2.05, 4.69) is 5.32 Å². The van der Waals surface area contributed by atoms with E-state index in [9.17, 15) is 9.59 Å². The summed E-state index contributed by atoms with van der Waals surface area (Å²) in [7, 11) is 1.57. The molecule has 7 heteroatoms. The molecule has 2 amide bonds. The summed E-state index contributed by atoms with van der Waals surface area (Å²) in [6, 6.07) is 14.4. The zero-order valence-corrected chi connectivity index (χ0v) is 17.6. The number of rotatable bonds is 8. The van der Waals surface area contributed by atoms with Gasteiger partial charge in [0.2, 0.25) is 11.8 Å². The van der Waals surface area contributed by atoms with Crippen molar-refractivity contribution >= 4 is 46.8 Å². The van der Waals surface area contributed by atoms with Gasteiger partial charge >= 0.3 is 0 Å². The van der Waals surface area contributed by atoms with Gasteiger partial charge in [-0.2, -0.15) is 0 Å². The lowest BCUT2D eigenvalue weighted by Crippen LogP contribution is -2.47. The van der Waals surface area contributed by atoms with Gasteiger partial charge in [0, 0.05) is 29.4 Å². The molecule has 0 aromatic heterocycles. The van der Waals surface area contributed by atoms with Crippen molar-refractivity contribution in [2.45, 2.75) is 25.3 Å². The van der Waals surface area contributed by atoms with Gasteiger partial charge in [0.15, 0.2) is 0 Å². The fraction of sp³-hybridized carbons (Fsp3) is 0.300. The minimum Gasteiger partial charge on any atom is -0.357 e. The van der Waals surface area contributed by atoms with Crippen molar-refractivity contribution in [3.63, 3.8) is 0 Å². The first kappa shape index (κ1) is 21.6. The second-order valence-corrected chi connectivity index (χ2v) is 7.79. The first-order chi connectivity index (χ1) is 12.9. The maximum atomic E-state index is 12.8. The van der Waals surface area contributed by atoms with Gasteiger partial charge in [-0.05, 0) is 30.2 Å². The van der Waals surface area contributed by atoms with Gasteiger partial charge in [-0.3, -0.25) is 9.59 Å². The Morgan fingerprint density at radius 2 is 1.70 bits per heavy atom. The lowest BCUT2D eigenvalue weighted by Gasteiger charge is -2.28. The SMILES string of the molecule is CNC(=O)[C@H](C)N(Cc1ccccc1)C(=O)CSCc1c(Cl)cccc1Cl. The van der Waals surface area contributed by atoms with E-state index in [0.29, 0.717) is 22.3 Å². The van der Waals surface area contributed by atoms with E-state index < -0.39 is 6.04 Å². The van der Waals surface area contributed by atoms with Crippen LogP contribution in [0, 0.1) is 0 Å². The third-order valence-electron chi connectivity index (χ3n) is 4.14. The van der Waals surface area contributed by atoms with Crippen LogP contribution >= 0.6 is 35.0 Å². The van der Waals surface area contributed by atoms with E-state index in [-0.39, 0.29) is 17.6 Å². The molecule has 144 valence electrons. The number of nitrogens with zero attached hydrogens (tertiary/aromatic N) is 1. The zero-order chi connectivity index (χ0) is 19.8. The van der Waals surface area contributed by atoms with Gasteiger partial charge in [0.1, 0.15) is 6.04 Å². The first-order valence-electron chi connectivity index (χ1n) is 8.49. The minimum absolute atomic E-state index is 0.108. The first-order valence-corrected chi connectivity index (χ1v) is 10.4. The van der Waals surface area contributed by atoms with Crippen molar-refractivity contribution in [1.29, 1.82) is 0 Å². The Morgan fingerprint density at radius 1 is 1.07 bits per heavy atom. The number of amides is 2. The van der Waals surface area contributed by atoms with Gasteiger partial charge in [-0.25, -0.2) is 0 Å². The fourth-order valence-electron chi connectivity index (χ4n) is 2.57. The van der Waals surface area contributed by atoms with Crippen molar-refractivity contribution in [1.82, 2.24) is 10.2 Å². The maximum Gasteiger partial charge on any atom is 0.242 e. The largest absolute Gasteiger partial charge is 0.357 e. The van der Waals surface area contributed by atoms with Crippen molar-refractivity contribution in [3.05, 3.63) is 69.7 Å². The molecule has 0 aliphatic heterocycles. The molecule has 0 aliphatic carbocycles. The molecule has 4 nitrogen and oxygen atoms in total. The van der Waals surface area contributed by atoms with Crippen molar-refractivity contribution in [2.24, 2.45) is 0 Å². The summed E-state index contributed by atoms with van der Waals surface area (Å²) in [5.41, 5.74) is 1.79. The average molecular weight is 425 g/mol. The van der Waals surface area contributed by atoms with Gasteiger partial charge in [-0.1, -0.05) is 59.6 Å². The lowest BCUT2D eigenvalue weighted by atomic mass is 10.1. The Balaban J connectivity index is 2.05. The number of thioether (sulfide) groups is 1. The van der Waals surface area contributed by atoms with E-state index in [1.807, 2.05) is 30.3 Å². The number of nitrogens with one attached hydrogen (secondary N) is 1. The highest BCUT2D eigenvalue weighted by Gasteiger charge is 2.25. The Morgan fingerprint density at radius 3 is 2.30 bits per heavy atom. The van der Waals surface area contributed by atoms with Crippen LogP contribution in [-0.4, -0.2) is 35.6 Å². The van der Waals surface area contributed by atoms with Crippen LogP contribution in [0.25, 0.3) is 0 Å². The summed E-state index contributed by atoms with van der Waals surface area (Å²) in [5.74, 6) is 0.453. The quantitative estimate of drug-likeness (QED) is 0.683. The summed E-state index contributed by atoms with van der Waals surface area (Å²) in [6.07, 6.45) is 0. The normalized spacial score (nSPS) is 11.7. The van der Waals surface area contributed by atoms with Gasteiger partial charge in [0.25, 0.3) is 0 Å². The third-order valence-corrected chi connectivity index (χ3v) is 5.80. The zero-order valence-electron chi connectivity index (χ0n) is 15.2. The molecule has 0 radical (unpaired) electrons. The lowest BCUT2D eigenvalue weighted by molar-refractivity contribution is -0.138. The molecular weight excluding hydrogens is 403 g/mol.